The lowest BCUT2D eigenvalue weighted by atomic mass is 9.47. The zero-order valence-corrected chi connectivity index (χ0v) is 19.3. The Morgan fingerprint density at radius 3 is 2.54 bits per heavy atom. The average molecular weight is 387 g/mol. The number of allylic oxidation sites excluding steroid dienone is 1. The van der Waals surface area contributed by atoms with Crippen LogP contribution in [0, 0.1) is 46.3 Å². The predicted octanol–water partition coefficient (Wildman–Crippen LogP) is 7.39. The van der Waals surface area contributed by atoms with Crippen molar-refractivity contribution in [1.29, 1.82) is 0 Å². The number of aliphatic hydroxyl groups excluding tert-OH is 1. The van der Waals surface area contributed by atoms with Gasteiger partial charge in [-0.15, -0.1) is 0 Å². The summed E-state index contributed by atoms with van der Waals surface area (Å²) < 4.78 is 0. The summed E-state index contributed by atoms with van der Waals surface area (Å²) in [5.41, 5.74) is 2.60. The number of hydrogen-bond donors (Lipinski definition) is 1. The topological polar surface area (TPSA) is 20.2 Å². The van der Waals surface area contributed by atoms with Crippen LogP contribution in [0.25, 0.3) is 0 Å². The minimum absolute atomic E-state index is 0.0766. The van der Waals surface area contributed by atoms with Crippen LogP contribution in [0.5, 0.6) is 0 Å². The van der Waals surface area contributed by atoms with E-state index in [9.17, 15) is 5.11 Å². The van der Waals surface area contributed by atoms with Gasteiger partial charge in [0.25, 0.3) is 0 Å². The lowest BCUT2D eigenvalue weighted by Crippen LogP contribution is -2.50. The highest BCUT2D eigenvalue weighted by atomic mass is 16.3. The second-order valence-electron chi connectivity index (χ2n) is 12.2. The summed E-state index contributed by atoms with van der Waals surface area (Å²) in [7, 11) is 0. The molecule has 0 aromatic carbocycles. The normalized spacial score (nSPS) is 46.5. The number of rotatable bonds is 5. The fourth-order valence-electron chi connectivity index (χ4n) is 8.67. The standard InChI is InChI=1S/C27H46O/c1-18(2)7-6-8-19(3)23-11-12-24-22-10-9-20-17-21(28)13-15-26(20,4)25(22)14-16-27(23,24)5/h9,18-19,21-25,28H,6-8,10-17H2,1-5H3/t19-,21-,22+,23+,24+,25-,26-,27+/m0/s1. The first kappa shape index (κ1) is 21.0. The summed E-state index contributed by atoms with van der Waals surface area (Å²) in [4.78, 5) is 0. The lowest BCUT2D eigenvalue weighted by Gasteiger charge is -2.58. The molecule has 0 unspecified atom stereocenters. The van der Waals surface area contributed by atoms with Crippen LogP contribution in [0.2, 0.25) is 0 Å². The van der Waals surface area contributed by atoms with Crippen molar-refractivity contribution in [3.05, 3.63) is 11.6 Å². The van der Waals surface area contributed by atoms with E-state index in [4.69, 9.17) is 0 Å². The molecular formula is C27H46O. The van der Waals surface area contributed by atoms with E-state index in [0.29, 0.717) is 10.8 Å². The maximum absolute atomic E-state index is 10.2. The molecule has 0 bridgehead atoms. The Bertz CT molecular complexity index is 591. The molecule has 3 fully saturated rings. The summed E-state index contributed by atoms with van der Waals surface area (Å²) in [5, 5.41) is 10.2. The van der Waals surface area contributed by atoms with Crippen molar-refractivity contribution < 1.29 is 5.11 Å². The molecule has 4 rings (SSSR count). The lowest BCUT2D eigenvalue weighted by molar-refractivity contribution is -0.0573. The van der Waals surface area contributed by atoms with Crippen molar-refractivity contribution in [1.82, 2.24) is 0 Å². The second kappa shape index (κ2) is 7.75. The Hall–Kier alpha value is -0.300. The first-order valence-electron chi connectivity index (χ1n) is 12.6. The molecule has 4 aliphatic rings. The Kier molecular flexibility index (Phi) is 5.80. The van der Waals surface area contributed by atoms with Crippen molar-refractivity contribution in [2.45, 2.75) is 111 Å². The van der Waals surface area contributed by atoms with Crippen LogP contribution in [0.4, 0.5) is 0 Å². The van der Waals surface area contributed by atoms with E-state index in [1.807, 2.05) is 0 Å². The van der Waals surface area contributed by atoms with Gasteiger partial charge in [0.2, 0.25) is 0 Å². The van der Waals surface area contributed by atoms with E-state index < -0.39 is 0 Å². The van der Waals surface area contributed by atoms with Crippen molar-refractivity contribution in [2.75, 3.05) is 0 Å². The van der Waals surface area contributed by atoms with Gasteiger partial charge in [-0.2, -0.15) is 0 Å². The molecule has 1 heteroatoms. The minimum Gasteiger partial charge on any atom is -0.393 e. The highest BCUT2D eigenvalue weighted by Crippen LogP contribution is 2.67. The van der Waals surface area contributed by atoms with Crippen molar-refractivity contribution >= 4 is 0 Å². The summed E-state index contributed by atoms with van der Waals surface area (Å²) in [6.07, 6.45) is 17.2. The Morgan fingerprint density at radius 1 is 1.00 bits per heavy atom. The molecule has 1 nitrogen and oxygen atoms in total. The van der Waals surface area contributed by atoms with Crippen LogP contribution in [-0.4, -0.2) is 11.2 Å². The summed E-state index contributed by atoms with van der Waals surface area (Å²) in [5.74, 6) is 5.46. The van der Waals surface area contributed by atoms with E-state index in [2.05, 4.69) is 40.7 Å². The van der Waals surface area contributed by atoms with Crippen LogP contribution >= 0.6 is 0 Å². The summed E-state index contributed by atoms with van der Waals surface area (Å²) in [6.45, 7) is 12.6. The van der Waals surface area contributed by atoms with Gasteiger partial charge in [-0.25, -0.2) is 0 Å². The number of hydrogen-bond acceptors (Lipinski definition) is 1. The molecule has 1 N–H and O–H groups in total. The van der Waals surface area contributed by atoms with Crippen LogP contribution < -0.4 is 0 Å². The molecule has 28 heavy (non-hydrogen) atoms. The third-order valence-corrected chi connectivity index (χ3v) is 10.3. The fraction of sp³-hybridized carbons (Fsp3) is 0.926. The van der Waals surface area contributed by atoms with E-state index in [1.165, 1.54) is 57.8 Å². The second-order valence-corrected chi connectivity index (χ2v) is 12.2. The minimum atomic E-state index is -0.0766. The van der Waals surface area contributed by atoms with E-state index in [0.717, 1.165) is 48.3 Å². The van der Waals surface area contributed by atoms with Gasteiger partial charge in [-0.3, -0.25) is 0 Å². The molecule has 0 heterocycles. The van der Waals surface area contributed by atoms with Gasteiger partial charge >= 0.3 is 0 Å². The number of fused-ring (bicyclic) bond motifs is 5. The summed E-state index contributed by atoms with van der Waals surface area (Å²) >= 11 is 0. The van der Waals surface area contributed by atoms with Gasteiger partial charge in [0, 0.05) is 0 Å². The number of aliphatic hydroxyl groups is 1. The quantitative estimate of drug-likeness (QED) is 0.488. The highest BCUT2D eigenvalue weighted by Gasteiger charge is 2.59. The molecule has 0 radical (unpaired) electrons. The third kappa shape index (κ3) is 3.42. The van der Waals surface area contributed by atoms with E-state index >= 15 is 0 Å². The first-order chi connectivity index (χ1) is 13.3. The van der Waals surface area contributed by atoms with Crippen LogP contribution in [0.1, 0.15) is 105 Å². The van der Waals surface area contributed by atoms with Crippen molar-refractivity contribution in [3.8, 4) is 0 Å². The van der Waals surface area contributed by atoms with Crippen molar-refractivity contribution in [2.24, 2.45) is 46.3 Å². The molecule has 3 saturated carbocycles. The maximum atomic E-state index is 10.2. The average Bonchev–Trinajstić information content (AvgIpc) is 2.99. The molecule has 0 aromatic rings. The monoisotopic (exact) mass is 386 g/mol. The molecule has 160 valence electrons. The molecule has 8 atom stereocenters. The Morgan fingerprint density at radius 2 is 1.79 bits per heavy atom. The summed E-state index contributed by atoms with van der Waals surface area (Å²) in [6, 6.07) is 0. The largest absolute Gasteiger partial charge is 0.393 e. The molecule has 0 amide bonds. The SMILES string of the molecule is CC(C)CCC[C@H](C)[C@H]1CC[C@@H]2[C@H]3CC=C4C[C@@H](O)CC[C@]4(C)[C@H]3CC[C@@]21C. The van der Waals surface area contributed by atoms with Crippen LogP contribution in [-0.2, 0) is 0 Å². The van der Waals surface area contributed by atoms with Gasteiger partial charge in [-0.05, 0) is 97.7 Å². The van der Waals surface area contributed by atoms with Crippen molar-refractivity contribution in [3.63, 3.8) is 0 Å². The fourth-order valence-corrected chi connectivity index (χ4v) is 8.67. The van der Waals surface area contributed by atoms with Gasteiger partial charge in [0.1, 0.15) is 0 Å². The van der Waals surface area contributed by atoms with Gasteiger partial charge in [0.15, 0.2) is 0 Å². The van der Waals surface area contributed by atoms with E-state index in [-0.39, 0.29) is 6.10 Å². The van der Waals surface area contributed by atoms with Crippen LogP contribution in [0.15, 0.2) is 11.6 Å². The van der Waals surface area contributed by atoms with Gasteiger partial charge < -0.3 is 5.11 Å². The van der Waals surface area contributed by atoms with Gasteiger partial charge in [0.05, 0.1) is 6.10 Å². The van der Waals surface area contributed by atoms with Crippen LogP contribution in [0.3, 0.4) is 0 Å². The molecule has 0 aliphatic heterocycles. The zero-order valence-electron chi connectivity index (χ0n) is 19.3. The maximum Gasteiger partial charge on any atom is 0.0577 e. The third-order valence-electron chi connectivity index (χ3n) is 10.3. The zero-order chi connectivity index (χ0) is 20.1. The molecule has 0 aromatic heterocycles. The molecular weight excluding hydrogens is 340 g/mol. The highest BCUT2D eigenvalue weighted by molar-refractivity contribution is 5.25. The smallest absolute Gasteiger partial charge is 0.0577 e. The van der Waals surface area contributed by atoms with E-state index in [1.54, 1.807) is 5.57 Å². The Balaban J connectivity index is 1.49. The molecule has 4 aliphatic carbocycles. The predicted molar refractivity (Wildman–Crippen MR) is 119 cm³/mol. The molecule has 0 spiro atoms. The first-order valence-corrected chi connectivity index (χ1v) is 12.6. The molecule has 0 saturated heterocycles. The Labute approximate surface area is 174 Å². The van der Waals surface area contributed by atoms with Gasteiger partial charge in [-0.1, -0.05) is 65.5 Å².